The summed E-state index contributed by atoms with van der Waals surface area (Å²) in [6.45, 7) is 4.48. The summed E-state index contributed by atoms with van der Waals surface area (Å²) in [5, 5.41) is 3.21. The summed E-state index contributed by atoms with van der Waals surface area (Å²) in [5.41, 5.74) is 2.52. The highest BCUT2D eigenvalue weighted by Crippen LogP contribution is 2.17. The van der Waals surface area contributed by atoms with Gasteiger partial charge in [-0.2, -0.15) is 0 Å². The summed E-state index contributed by atoms with van der Waals surface area (Å²) in [6.07, 6.45) is 0.674. The smallest absolute Gasteiger partial charge is 0.323 e. The Balaban J connectivity index is 2.05. The van der Waals surface area contributed by atoms with Crippen LogP contribution in [0.5, 0.6) is 0 Å². The van der Waals surface area contributed by atoms with E-state index in [1.54, 1.807) is 0 Å². The van der Waals surface area contributed by atoms with Crippen LogP contribution in [0.3, 0.4) is 0 Å². The summed E-state index contributed by atoms with van der Waals surface area (Å²) in [5.74, 6) is -0.149. The first-order valence-corrected chi connectivity index (χ1v) is 5.67. The third-order valence-corrected chi connectivity index (χ3v) is 2.72. The molecular formula is C13H17NO2. The average Bonchev–Trinajstić information content (AvgIpc) is 2.27. The van der Waals surface area contributed by atoms with Crippen LogP contribution in [0.15, 0.2) is 24.3 Å². The molecule has 1 N–H and O–H groups in total. The number of fused-ring (bicyclic) bond motifs is 1. The maximum atomic E-state index is 11.7. The lowest BCUT2D eigenvalue weighted by Gasteiger charge is -2.25. The number of hydrogen-bond acceptors (Lipinski definition) is 3. The highest BCUT2D eigenvalue weighted by molar-refractivity contribution is 5.76. The topological polar surface area (TPSA) is 38.3 Å². The van der Waals surface area contributed by atoms with Crippen molar-refractivity contribution in [3.8, 4) is 0 Å². The van der Waals surface area contributed by atoms with Crippen molar-refractivity contribution >= 4 is 5.97 Å². The van der Waals surface area contributed by atoms with Crippen LogP contribution < -0.4 is 5.32 Å². The van der Waals surface area contributed by atoms with Gasteiger partial charge in [-0.25, -0.2) is 0 Å². The molecule has 0 fully saturated rings. The number of benzene rings is 1. The molecule has 3 heteroatoms. The Labute approximate surface area is 95.8 Å². The Morgan fingerprint density at radius 1 is 1.38 bits per heavy atom. The Bertz CT molecular complexity index is 387. The first-order valence-electron chi connectivity index (χ1n) is 5.67. The highest BCUT2D eigenvalue weighted by Gasteiger charge is 2.25. The van der Waals surface area contributed by atoms with E-state index in [2.05, 4.69) is 17.4 Å². The molecular weight excluding hydrogens is 202 g/mol. The monoisotopic (exact) mass is 219 g/mol. The lowest BCUT2D eigenvalue weighted by Crippen LogP contribution is -2.43. The quantitative estimate of drug-likeness (QED) is 0.769. The number of esters is 1. The lowest BCUT2D eigenvalue weighted by molar-refractivity contribution is -0.150. The first kappa shape index (κ1) is 11.1. The van der Waals surface area contributed by atoms with Crippen molar-refractivity contribution in [1.29, 1.82) is 0 Å². The van der Waals surface area contributed by atoms with Crippen LogP contribution in [0.1, 0.15) is 25.0 Å². The van der Waals surface area contributed by atoms with Gasteiger partial charge in [-0.3, -0.25) is 4.79 Å². The summed E-state index contributed by atoms with van der Waals surface area (Å²) in [4.78, 5) is 11.7. The van der Waals surface area contributed by atoms with Crippen molar-refractivity contribution in [2.75, 3.05) is 0 Å². The van der Waals surface area contributed by atoms with Gasteiger partial charge in [0.25, 0.3) is 0 Å². The zero-order valence-corrected chi connectivity index (χ0v) is 9.69. The van der Waals surface area contributed by atoms with Crippen LogP contribution in [-0.2, 0) is 22.5 Å². The normalized spacial score (nSPS) is 19.3. The van der Waals surface area contributed by atoms with Crippen LogP contribution >= 0.6 is 0 Å². The highest BCUT2D eigenvalue weighted by atomic mass is 16.5. The second-order valence-corrected chi connectivity index (χ2v) is 4.39. The molecule has 1 heterocycles. The second kappa shape index (κ2) is 4.66. The van der Waals surface area contributed by atoms with Gasteiger partial charge < -0.3 is 10.1 Å². The molecule has 0 saturated heterocycles. The number of ether oxygens (including phenoxy) is 1. The van der Waals surface area contributed by atoms with E-state index in [-0.39, 0.29) is 18.1 Å². The minimum atomic E-state index is -0.197. The van der Waals surface area contributed by atoms with Crippen LogP contribution in [0, 0.1) is 0 Å². The fourth-order valence-electron chi connectivity index (χ4n) is 1.94. The van der Waals surface area contributed by atoms with Crippen LogP contribution in [-0.4, -0.2) is 18.1 Å². The van der Waals surface area contributed by atoms with E-state index in [4.69, 9.17) is 4.74 Å². The summed E-state index contributed by atoms with van der Waals surface area (Å²) in [7, 11) is 0. The van der Waals surface area contributed by atoms with Gasteiger partial charge in [-0.05, 0) is 31.4 Å². The maximum Gasteiger partial charge on any atom is 0.323 e. The third-order valence-electron chi connectivity index (χ3n) is 2.72. The molecule has 0 aromatic heterocycles. The van der Waals surface area contributed by atoms with E-state index in [0.717, 1.165) is 13.0 Å². The van der Waals surface area contributed by atoms with Crippen molar-refractivity contribution in [3.63, 3.8) is 0 Å². The Morgan fingerprint density at radius 2 is 2.06 bits per heavy atom. The van der Waals surface area contributed by atoms with Gasteiger partial charge in [0, 0.05) is 6.54 Å². The van der Waals surface area contributed by atoms with Crippen LogP contribution in [0.2, 0.25) is 0 Å². The molecule has 1 aromatic carbocycles. The SMILES string of the molecule is CC(C)OC(=O)[C@H]1Cc2ccccc2CN1. The lowest BCUT2D eigenvalue weighted by atomic mass is 9.96. The number of rotatable bonds is 2. The van der Waals surface area contributed by atoms with Crippen molar-refractivity contribution < 1.29 is 9.53 Å². The molecule has 1 atom stereocenters. The maximum absolute atomic E-state index is 11.7. The number of carbonyl (C=O) groups is 1. The summed E-state index contributed by atoms with van der Waals surface area (Å²) < 4.78 is 5.20. The van der Waals surface area contributed by atoms with E-state index in [1.807, 2.05) is 26.0 Å². The molecule has 1 aliphatic rings. The van der Waals surface area contributed by atoms with Crippen molar-refractivity contribution in [3.05, 3.63) is 35.4 Å². The van der Waals surface area contributed by atoms with Gasteiger partial charge in [-0.1, -0.05) is 24.3 Å². The predicted octanol–water partition coefficient (Wildman–Crippen LogP) is 1.65. The first-order chi connectivity index (χ1) is 7.66. The van der Waals surface area contributed by atoms with E-state index in [0.29, 0.717) is 0 Å². The molecule has 0 spiro atoms. The molecule has 86 valence electrons. The molecule has 0 radical (unpaired) electrons. The van der Waals surface area contributed by atoms with Crippen molar-refractivity contribution in [1.82, 2.24) is 5.32 Å². The number of nitrogens with one attached hydrogen (secondary N) is 1. The molecule has 0 aliphatic carbocycles. The third kappa shape index (κ3) is 2.42. The Morgan fingerprint density at radius 3 is 2.75 bits per heavy atom. The van der Waals surface area contributed by atoms with E-state index >= 15 is 0 Å². The minimum Gasteiger partial charge on any atom is -0.462 e. The summed E-state index contributed by atoms with van der Waals surface area (Å²) >= 11 is 0. The summed E-state index contributed by atoms with van der Waals surface area (Å²) in [6, 6.07) is 8.00. The molecule has 16 heavy (non-hydrogen) atoms. The largest absolute Gasteiger partial charge is 0.462 e. The molecule has 2 rings (SSSR count). The average molecular weight is 219 g/mol. The van der Waals surface area contributed by atoms with Gasteiger partial charge in [0.2, 0.25) is 0 Å². The minimum absolute atomic E-state index is 0.0496. The predicted molar refractivity (Wildman–Crippen MR) is 62.0 cm³/mol. The van der Waals surface area contributed by atoms with Crippen LogP contribution in [0.25, 0.3) is 0 Å². The van der Waals surface area contributed by atoms with E-state index in [9.17, 15) is 4.79 Å². The van der Waals surface area contributed by atoms with Crippen molar-refractivity contribution in [2.45, 2.75) is 39.0 Å². The van der Waals surface area contributed by atoms with Gasteiger partial charge in [0.05, 0.1) is 6.10 Å². The number of hydrogen-bond donors (Lipinski definition) is 1. The molecule has 0 bridgehead atoms. The van der Waals surface area contributed by atoms with Gasteiger partial charge in [-0.15, -0.1) is 0 Å². The molecule has 0 amide bonds. The van der Waals surface area contributed by atoms with Gasteiger partial charge in [0.15, 0.2) is 0 Å². The van der Waals surface area contributed by atoms with E-state index in [1.165, 1.54) is 11.1 Å². The molecule has 1 aliphatic heterocycles. The molecule has 0 unspecified atom stereocenters. The fraction of sp³-hybridized carbons (Fsp3) is 0.462. The molecule has 1 aromatic rings. The zero-order chi connectivity index (χ0) is 11.5. The Hall–Kier alpha value is -1.35. The Kier molecular flexibility index (Phi) is 3.25. The standard InChI is InChI=1S/C13H17NO2/c1-9(2)16-13(15)12-7-10-5-3-4-6-11(10)8-14-12/h3-6,9,12,14H,7-8H2,1-2H3/t12-/m1/s1. The zero-order valence-electron chi connectivity index (χ0n) is 9.69. The van der Waals surface area contributed by atoms with Crippen molar-refractivity contribution in [2.24, 2.45) is 0 Å². The fourth-order valence-corrected chi connectivity index (χ4v) is 1.94. The molecule has 3 nitrogen and oxygen atoms in total. The molecule has 0 saturated carbocycles. The van der Waals surface area contributed by atoms with Gasteiger partial charge >= 0.3 is 5.97 Å². The number of carbonyl (C=O) groups excluding carboxylic acids is 1. The van der Waals surface area contributed by atoms with Gasteiger partial charge in [0.1, 0.15) is 6.04 Å². The second-order valence-electron chi connectivity index (χ2n) is 4.39. The van der Waals surface area contributed by atoms with Crippen LogP contribution in [0.4, 0.5) is 0 Å². The van der Waals surface area contributed by atoms with E-state index < -0.39 is 0 Å².